The van der Waals surface area contributed by atoms with Gasteiger partial charge in [-0.25, -0.2) is 0 Å². The molecular weight excluding hydrogens is 342 g/mol. The maximum atomic E-state index is 12.3. The highest BCUT2D eigenvalue weighted by Crippen LogP contribution is 2.26. The van der Waals surface area contributed by atoms with Gasteiger partial charge >= 0.3 is 0 Å². The molecule has 2 aromatic rings. The van der Waals surface area contributed by atoms with E-state index in [1.165, 1.54) is 13.2 Å². The van der Waals surface area contributed by atoms with Gasteiger partial charge < -0.3 is 10.1 Å². The number of nitro benzene ring substituents is 1. The second-order valence-corrected chi connectivity index (χ2v) is 5.46. The van der Waals surface area contributed by atoms with Crippen LogP contribution in [0.1, 0.15) is 20.7 Å². The summed E-state index contributed by atoms with van der Waals surface area (Å²) in [6.45, 7) is -0.494. The summed E-state index contributed by atoms with van der Waals surface area (Å²) in [6.07, 6.45) is 0. The lowest BCUT2D eigenvalue weighted by Gasteiger charge is -2.13. The van der Waals surface area contributed by atoms with Gasteiger partial charge in [0.2, 0.25) is 5.91 Å². The summed E-state index contributed by atoms with van der Waals surface area (Å²) in [6, 6.07) is 9.93. The van der Waals surface area contributed by atoms with Crippen molar-refractivity contribution in [3.63, 3.8) is 0 Å². The maximum Gasteiger partial charge on any atom is 0.270 e. The fourth-order valence-electron chi connectivity index (χ4n) is 2.55. The Kier molecular flexibility index (Phi) is 4.36. The highest BCUT2D eigenvalue weighted by molar-refractivity contribution is 6.23. The molecule has 0 saturated carbocycles. The highest BCUT2D eigenvalue weighted by atomic mass is 16.6. The van der Waals surface area contributed by atoms with Crippen LogP contribution in [0.2, 0.25) is 0 Å². The zero-order valence-corrected chi connectivity index (χ0v) is 13.6. The minimum absolute atomic E-state index is 0.0397. The molecule has 0 unspecified atom stereocenters. The molecular formula is C17H13N3O6. The third kappa shape index (κ3) is 3.09. The number of methoxy groups -OCH3 is 1. The second-order valence-electron chi connectivity index (χ2n) is 5.46. The lowest BCUT2D eigenvalue weighted by atomic mass is 10.1. The Hall–Kier alpha value is -3.75. The van der Waals surface area contributed by atoms with Gasteiger partial charge in [0.05, 0.1) is 23.2 Å². The molecule has 3 rings (SSSR count). The summed E-state index contributed by atoms with van der Waals surface area (Å²) >= 11 is 0. The Morgan fingerprint density at radius 1 is 1.12 bits per heavy atom. The fourth-order valence-corrected chi connectivity index (χ4v) is 2.55. The number of fused-ring (bicyclic) bond motifs is 1. The van der Waals surface area contributed by atoms with Gasteiger partial charge in [0.1, 0.15) is 12.3 Å². The number of anilines is 1. The molecule has 0 aliphatic carbocycles. The number of hydrogen-bond acceptors (Lipinski definition) is 6. The zero-order valence-electron chi connectivity index (χ0n) is 13.6. The van der Waals surface area contributed by atoms with E-state index in [0.29, 0.717) is 11.4 Å². The fraction of sp³-hybridized carbons (Fsp3) is 0.118. The molecule has 1 N–H and O–H groups in total. The van der Waals surface area contributed by atoms with Crippen LogP contribution in [0.25, 0.3) is 0 Å². The first-order chi connectivity index (χ1) is 12.4. The van der Waals surface area contributed by atoms with E-state index in [4.69, 9.17) is 4.74 Å². The molecule has 2 aromatic carbocycles. The predicted octanol–water partition coefficient (Wildman–Crippen LogP) is 1.84. The number of imide groups is 1. The first-order valence-electron chi connectivity index (χ1n) is 7.49. The van der Waals surface area contributed by atoms with Gasteiger partial charge in [-0.3, -0.25) is 29.4 Å². The van der Waals surface area contributed by atoms with Crippen LogP contribution >= 0.6 is 0 Å². The van der Waals surface area contributed by atoms with Crippen molar-refractivity contribution >= 4 is 29.1 Å². The smallest absolute Gasteiger partial charge is 0.270 e. The number of nitrogens with one attached hydrogen (secondary N) is 1. The number of non-ortho nitro benzene ring substituents is 1. The molecule has 1 aliphatic heterocycles. The molecule has 9 nitrogen and oxygen atoms in total. The lowest BCUT2D eigenvalue weighted by Crippen LogP contribution is -2.37. The van der Waals surface area contributed by atoms with E-state index in [9.17, 15) is 24.5 Å². The number of ether oxygens (including phenoxy) is 1. The van der Waals surface area contributed by atoms with Gasteiger partial charge in [0, 0.05) is 17.8 Å². The number of carbonyl (C=O) groups is 3. The van der Waals surface area contributed by atoms with Crippen molar-refractivity contribution in [2.24, 2.45) is 0 Å². The van der Waals surface area contributed by atoms with Crippen molar-refractivity contribution in [3.8, 4) is 5.75 Å². The molecule has 0 atom stereocenters. The van der Waals surface area contributed by atoms with Crippen LogP contribution < -0.4 is 10.1 Å². The van der Waals surface area contributed by atoms with Gasteiger partial charge in [-0.15, -0.1) is 0 Å². The molecule has 0 spiro atoms. The number of carbonyl (C=O) groups excluding carboxylic acids is 3. The molecule has 0 bridgehead atoms. The topological polar surface area (TPSA) is 119 Å². The van der Waals surface area contributed by atoms with E-state index in [-0.39, 0.29) is 16.8 Å². The van der Waals surface area contributed by atoms with Crippen molar-refractivity contribution in [1.82, 2.24) is 4.90 Å². The summed E-state index contributed by atoms with van der Waals surface area (Å²) in [5.74, 6) is -1.35. The molecule has 0 fully saturated rings. The van der Waals surface area contributed by atoms with E-state index in [1.807, 2.05) is 0 Å². The number of hydrogen-bond donors (Lipinski definition) is 1. The van der Waals surface area contributed by atoms with E-state index in [2.05, 4.69) is 5.32 Å². The maximum absolute atomic E-state index is 12.3. The van der Waals surface area contributed by atoms with Crippen LogP contribution in [-0.4, -0.2) is 41.2 Å². The summed E-state index contributed by atoms with van der Waals surface area (Å²) in [4.78, 5) is 47.7. The Morgan fingerprint density at radius 3 is 2.38 bits per heavy atom. The third-order valence-electron chi connectivity index (χ3n) is 3.84. The first kappa shape index (κ1) is 17.1. The highest BCUT2D eigenvalue weighted by Gasteiger charge is 2.37. The standard InChI is InChI=1S/C17H13N3O6/c1-26-12-5-2-10(3-6-12)18-15(21)9-19-16(22)13-7-4-11(20(24)25)8-14(13)17(19)23/h2-8H,9H2,1H3,(H,18,21). The molecule has 0 aromatic heterocycles. The van der Waals surface area contributed by atoms with E-state index in [0.717, 1.165) is 17.0 Å². The minimum Gasteiger partial charge on any atom is -0.497 e. The van der Waals surface area contributed by atoms with Crippen molar-refractivity contribution in [2.45, 2.75) is 0 Å². The predicted molar refractivity (Wildman–Crippen MR) is 90.1 cm³/mol. The average Bonchev–Trinajstić information content (AvgIpc) is 2.87. The van der Waals surface area contributed by atoms with Crippen LogP contribution in [0.15, 0.2) is 42.5 Å². The Balaban J connectivity index is 1.73. The summed E-state index contributed by atoms with van der Waals surface area (Å²) < 4.78 is 5.01. The van der Waals surface area contributed by atoms with Crippen LogP contribution in [0.3, 0.4) is 0 Å². The lowest BCUT2D eigenvalue weighted by molar-refractivity contribution is -0.384. The van der Waals surface area contributed by atoms with Crippen molar-refractivity contribution in [3.05, 3.63) is 63.7 Å². The minimum atomic E-state index is -0.737. The van der Waals surface area contributed by atoms with Crippen LogP contribution in [0.5, 0.6) is 5.75 Å². The molecule has 0 radical (unpaired) electrons. The Morgan fingerprint density at radius 2 is 1.77 bits per heavy atom. The van der Waals surface area contributed by atoms with Gasteiger partial charge in [-0.05, 0) is 30.3 Å². The Bertz CT molecular complexity index is 923. The summed E-state index contributed by atoms with van der Waals surface area (Å²) in [5.41, 5.74) is 0.136. The van der Waals surface area contributed by atoms with Crippen LogP contribution in [0, 0.1) is 10.1 Å². The molecule has 3 amide bonds. The third-order valence-corrected chi connectivity index (χ3v) is 3.84. The molecule has 132 valence electrons. The van der Waals surface area contributed by atoms with Gasteiger partial charge in [-0.2, -0.15) is 0 Å². The molecule has 9 heteroatoms. The molecule has 0 saturated heterocycles. The molecule has 26 heavy (non-hydrogen) atoms. The number of nitro groups is 1. The number of amides is 3. The van der Waals surface area contributed by atoms with E-state index >= 15 is 0 Å². The van der Waals surface area contributed by atoms with Crippen LogP contribution in [-0.2, 0) is 4.79 Å². The second kappa shape index (κ2) is 6.63. The largest absolute Gasteiger partial charge is 0.497 e. The summed E-state index contributed by atoms with van der Waals surface area (Å²) in [7, 11) is 1.51. The van der Waals surface area contributed by atoms with Crippen molar-refractivity contribution in [2.75, 3.05) is 19.0 Å². The zero-order chi connectivity index (χ0) is 18.8. The average molecular weight is 355 g/mol. The Labute approximate surface area is 147 Å². The number of benzene rings is 2. The van der Waals surface area contributed by atoms with E-state index < -0.39 is 29.2 Å². The SMILES string of the molecule is COc1ccc(NC(=O)CN2C(=O)c3ccc([N+](=O)[O-])cc3C2=O)cc1. The van der Waals surface area contributed by atoms with Gasteiger partial charge in [0.25, 0.3) is 17.5 Å². The normalized spacial score (nSPS) is 12.7. The number of rotatable bonds is 5. The first-order valence-corrected chi connectivity index (χ1v) is 7.49. The van der Waals surface area contributed by atoms with Crippen molar-refractivity contribution < 1.29 is 24.0 Å². The molecule has 1 aliphatic rings. The number of nitrogens with zero attached hydrogens (tertiary/aromatic N) is 2. The quantitative estimate of drug-likeness (QED) is 0.496. The summed E-state index contributed by atoms with van der Waals surface area (Å²) in [5, 5.41) is 13.4. The van der Waals surface area contributed by atoms with Crippen molar-refractivity contribution in [1.29, 1.82) is 0 Å². The van der Waals surface area contributed by atoms with Gasteiger partial charge in [0.15, 0.2) is 0 Å². The monoisotopic (exact) mass is 355 g/mol. The van der Waals surface area contributed by atoms with Gasteiger partial charge in [-0.1, -0.05) is 0 Å². The molecule has 1 heterocycles. The van der Waals surface area contributed by atoms with Crippen LogP contribution in [0.4, 0.5) is 11.4 Å². The van der Waals surface area contributed by atoms with E-state index in [1.54, 1.807) is 24.3 Å².